The molecule has 1 fully saturated rings. The van der Waals surface area contributed by atoms with Gasteiger partial charge in [0.2, 0.25) is 0 Å². The molecule has 1 aliphatic rings. The van der Waals surface area contributed by atoms with Crippen LogP contribution in [0, 0.1) is 5.41 Å². The second-order valence-corrected chi connectivity index (χ2v) is 11.4. The fraction of sp³-hybridized carbons (Fsp3) is 0.500. The molecule has 0 bridgehead atoms. The monoisotopic (exact) mass is 504 g/mol. The third-order valence-electron chi connectivity index (χ3n) is 7.01. The summed E-state index contributed by atoms with van der Waals surface area (Å²) < 4.78 is 22.4. The number of thioether (sulfide) groups is 1. The molecule has 34 heavy (non-hydrogen) atoms. The number of hydrogen-bond donors (Lipinski definition) is 2. The van der Waals surface area contributed by atoms with Gasteiger partial charge in [0.25, 0.3) is 0 Å². The van der Waals surface area contributed by atoms with E-state index in [1.54, 1.807) is 36.8 Å². The zero-order chi connectivity index (χ0) is 24.0. The molecule has 2 N–H and O–H groups in total. The van der Waals surface area contributed by atoms with E-state index in [-0.39, 0.29) is 18.6 Å². The minimum atomic E-state index is -1.25. The van der Waals surface area contributed by atoms with E-state index in [2.05, 4.69) is 27.4 Å². The number of nitrogens with zero attached hydrogens (tertiary/aromatic N) is 2. The number of piperidine rings is 1. The SMILES string of the molecule is COc1ccc2ncc(CO)c([C@@H](F)CCC3(CO)CCN(CCSc4cccs4)CC3)c2c1. The number of rotatable bonds is 11. The second-order valence-electron chi connectivity index (χ2n) is 9.02. The Morgan fingerprint density at radius 1 is 1.26 bits per heavy atom. The van der Waals surface area contributed by atoms with Crippen LogP contribution in [0.15, 0.2) is 46.1 Å². The third-order valence-corrected chi connectivity index (χ3v) is 9.12. The number of aromatic nitrogens is 1. The van der Waals surface area contributed by atoms with Crippen LogP contribution in [0.5, 0.6) is 5.75 Å². The number of aliphatic hydroxyl groups excluding tert-OH is 2. The van der Waals surface area contributed by atoms with Gasteiger partial charge in [-0.15, -0.1) is 23.1 Å². The van der Waals surface area contributed by atoms with Crippen LogP contribution >= 0.6 is 23.1 Å². The number of alkyl halides is 1. The Hall–Kier alpha value is -1.71. The first-order valence-electron chi connectivity index (χ1n) is 11.8. The van der Waals surface area contributed by atoms with E-state index in [0.29, 0.717) is 40.6 Å². The molecule has 1 saturated heterocycles. The molecule has 4 rings (SSSR count). The van der Waals surface area contributed by atoms with Crippen molar-refractivity contribution in [2.45, 2.75) is 42.7 Å². The average molecular weight is 505 g/mol. The Kier molecular flexibility index (Phi) is 8.82. The first-order chi connectivity index (χ1) is 16.6. The number of halogens is 1. The van der Waals surface area contributed by atoms with E-state index in [4.69, 9.17) is 4.74 Å². The molecule has 5 nitrogen and oxygen atoms in total. The maximum Gasteiger partial charge on any atom is 0.126 e. The van der Waals surface area contributed by atoms with E-state index in [0.717, 1.165) is 38.2 Å². The maximum atomic E-state index is 15.7. The van der Waals surface area contributed by atoms with E-state index in [9.17, 15) is 10.2 Å². The highest BCUT2D eigenvalue weighted by atomic mass is 32.2. The molecule has 0 unspecified atom stereocenters. The van der Waals surface area contributed by atoms with Crippen molar-refractivity contribution in [3.8, 4) is 5.75 Å². The molecule has 184 valence electrons. The van der Waals surface area contributed by atoms with Crippen LogP contribution < -0.4 is 4.74 Å². The Balaban J connectivity index is 1.38. The van der Waals surface area contributed by atoms with Gasteiger partial charge in [0, 0.05) is 41.6 Å². The number of likely N-dealkylation sites (tertiary alicyclic amines) is 1. The summed E-state index contributed by atoms with van der Waals surface area (Å²) in [6, 6.07) is 9.64. The Labute approximate surface area is 209 Å². The first kappa shape index (κ1) is 25.4. The van der Waals surface area contributed by atoms with Gasteiger partial charge < -0.3 is 19.8 Å². The number of methoxy groups -OCH3 is 1. The quantitative estimate of drug-likeness (QED) is 0.338. The molecule has 2 aromatic heterocycles. The maximum absolute atomic E-state index is 15.7. The minimum Gasteiger partial charge on any atom is -0.497 e. The predicted octanol–water partition coefficient (Wildman–Crippen LogP) is 5.45. The van der Waals surface area contributed by atoms with Gasteiger partial charge in [-0.25, -0.2) is 4.39 Å². The number of aliphatic hydroxyl groups is 2. The number of thiophene rings is 1. The lowest BCUT2D eigenvalue weighted by atomic mass is 9.74. The van der Waals surface area contributed by atoms with Crippen LogP contribution in [0.1, 0.15) is 43.0 Å². The van der Waals surface area contributed by atoms with Crippen molar-refractivity contribution < 1.29 is 19.3 Å². The largest absolute Gasteiger partial charge is 0.497 e. The Bertz CT molecular complexity index is 1050. The van der Waals surface area contributed by atoms with Gasteiger partial charge >= 0.3 is 0 Å². The molecule has 0 saturated carbocycles. The molecular weight excluding hydrogens is 471 g/mol. The van der Waals surface area contributed by atoms with Crippen LogP contribution in [0.3, 0.4) is 0 Å². The van der Waals surface area contributed by atoms with Crippen molar-refractivity contribution in [3.05, 3.63) is 53.0 Å². The van der Waals surface area contributed by atoms with E-state index in [1.807, 2.05) is 17.8 Å². The van der Waals surface area contributed by atoms with Crippen LogP contribution in [-0.2, 0) is 6.61 Å². The summed E-state index contributed by atoms with van der Waals surface area (Å²) in [7, 11) is 1.58. The molecule has 0 aliphatic carbocycles. The lowest BCUT2D eigenvalue weighted by Crippen LogP contribution is -2.42. The third kappa shape index (κ3) is 5.91. The van der Waals surface area contributed by atoms with Gasteiger partial charge in [-0.3, -0.25) is 4.98 Å². The predicted molar refractivity (Wildman–Crippen MR) is 138 cm³/mol. The van der Waals surface area contributed by atoms with Gasteiger partial charge in [0.05, 0.1) is 23.4 Å². The highest BCUT2D eigenvalue weighted by molar-refractivity contribution is 8.01. The molecule has 1 atom stereocenters. The summed E-state index contributed by atoms with van der Waals surface area (Å²) in [6.45, 7) is 2.70. The number of ether oxygens (including phenoxy) is 1. The van der Waals surface area contributed by atoms with Crippen molar-refractivity contribution in [1.82, 2.24) is 9.88 Å². The highest BCUT2D eigenvalue weighted by Crippen LogP contribution is 2.41. The van der Waals surface area contributed by atoms with Crippen molar-refractivity contribution in [2.75, 3.05) is 39.1 Å². The lowest BCUT2D eigenvalue weighted by Gasteiger charge is -2.41. The van der Waals surface area contributed by atoms with Crippen molar-refractivity contribution in [2.24, 2.45) is 5.41 Å². The molecule has 0 spiro atoms. The molecule has 1 aliphatic heterocycles. The summed E-state index contributed by atoms with van der Waals surface area (Å²) in [5, 5.41) is 22.9. The topological polar surface area (TPSA) is 65.8 Å². The average Bonchev–Trinajstić information content (AvgIpc) is 3.40. The zero-order valence-corrected chi connectivity index (χ0v) is 21.2. The van der Waals surface area contributed by atoms with Gasteiger partial charge in [0.1, 0.15) is 11.9 Å². The van der Waals surface area contributed by atoms with Gasteiger partial charge in [-0.1, -0.05) is 6.07 Å². The summed E-state index contributed by atoms with van der Waals surface area (Å²) in [5.74, 6) is 1.69. The van der Waals surface area contributed by atoms with Gasteiger partial charge in [-0.2, -0.15) is 0 Å². The number of benzene rings is 1. The van der Waals surface area contributed by atoms with Gasteiger partial charge in [0.15, 0.2) is 0 Å². The minimum absolute atomic E-state index is 0.0786. The lowest BCUT2D eigenvalue weighted by molar-refractivity contribution is 0.0322. The molecule has 8 heteroatoms. The smallest absolute Gasteiger partial charge is 0.126 e. The van der Waals surface area contributed by atoms with E-state index in [1.165, 1.54) is 4.21 Å². The standard InChI is InChI=1S/C26H33FN2O3S2/c1-32-20-4-5-23-21(15-20)25(19(17-30)16-28-23)22(27)6-7-26(18-31)8-10-29(11-9-26)12-14-34-24-3-2-13-33-24/h2-5,13,15-16,22,30-31H,6-12,14,17-18H2,1H3/t22-/m0/s1. The molecule has 3 heterocycles. The molecular formula is C26H33FN2O3S2. The fourth-order valence-electron chi connectivity index (χ4n) is 4.79. The molecule has 3 aromatic rings. The summed E-state index contributed by atoms with van der Waals surface area (Å²) >= 11 is 3.66. The Morgan fingerprint density at radius 2 is 2.09 bits per heavy atom. The van der Waals surface area contributed by atoms with Crippen LogP contribution in [0.2, 0.25) is 0 Å². The number of hydrogen-bond acceptors (Lipinski definition) is 7. The fourth-order valence-corrected chi connectivity index (χ4v) is 6.66. The van der Waals surface area contributed by atoms with E-state index >= 15 is 4.39 Å². The van der Waals surface area contributed by atoms with Crippen molar-refractivity contribution >= 4 is 34.0 Å². The van der Waals surface area contributed by atoms with Crippen molar-refractivity contribution in [3.63, 3.8) is 0 Å². The molecule has 0 radical (unpaired) electrons. The van der Waals surface area contributed by atoms with Crippen molar-refractivity contribution in [1.29, 1.82) is 0 Å². The molecule has 0 amide bonds. The van der Waals surface area contributed by atoms with Crippen LogP contribution in [-0.4, -0.2) is 59.2 Å². The summed E-state index contributed by atoms with van der Waals surface area (Å²) in [6.07, 6.45) is 2.98. The van der Waals surface area contributed by atoms with Crippen LogP contribution in [0.25, 0.3) is 10.9 Å². The number of fused-ring (bicyclic) bond motifs is 1. The summed E-state index contributed by atoms with van der Waals surface area (Å²) in [5.41, 5.74) is 1.43. The number of pyridine rings is 1. The van der Waals surface area contributed by atoms with Crippen LogP contribution in [0.4, 0.5) is 4.39 Å². The van der Waals surface area contributed by atoms with E-state index < -0.39 is 6.17 Å². The zero-order valence-electron chi connectivity index (χ0n) is 19.6. The second kappa shape index (κ2) is 11.8. The summed E-state index contributed by atoms with van der Waals surface area (Å²) in [4.78, 5) is 6.82. The first-order valence-corrected chi connectivity index (χ1v) is 13.6. The highest BCUT2D eigenvalue weighted by Gasteiger charge is 2.35. The van der Waals surface area contributed by atoms with Gasteiger partial charge in [-0.05, 0) is 73.8 Å². The normalized spacial score (nSPS) is 17.2. The Morgan fingerprint density at radius 3 is 2.76 bits per heavy atom. The molecule has 1 aromatic carbocycles.